The molecule has 0 saturated carbocycles. The summed E-state index contributed by atoms with van der Waals surface area (Å²) in [6.45, 7) is 4.31. The molecule has 162 valence electrons. The largest absolute Gasteiger partial charge is 0.497 e. The molecule has 0 amide bonds. The third kappa shape index (κ3) is 5.53. The van der Waals surface area contributed by atoms with Crippen molar-refractivity contribution in [2.24, 2.45) is 0 Å². The van der Waals surface area contributed by atoms with Gasteiger partial charge >= 0.3 is 11.4 Å². The van der Waals surface area contributed by atoms with Crippen LogP contribution in [0.2, 0.25) is 0 Å². The Kier molecular flexibility index (Phi) is 7.62. The number of nitrogens with zero attached hydrogens (tertiary/aromatic N) is 5. The summed E-state index contributed by atoms with van der Waals surface area (Å²) < 4.78 is 0. The van der Waals surface area contributed by atoms with Crippen LogP contribution in [0.15, 0.2) is 24.3 Å². The van der Waals surface area contributed by atoms with Crippen LogP contribution < -0.4 is 9.80 Å². The molecular formula is C18H23N5O7. The Morgan fingerprint density at radius 3 is 1.33 bits per heavy atom. The topological polar surface area (TPSA) is 156 Å². The number of anilines is 2. The van der Waals surface area contributed by atoms with E-state index in [-0.39, 0.29) is 0 Å². The first kappa shape index (κ1) is 24.1. The minimum atomic E-state index is -1.21. The van der Waals surface area contributed by atoms with Crippen molar-refractivity contribution in [3.8, 4) is 5.75 Å². The number of rotatable bonds is 5. The number of benzene rings is 2. The molecule has 0 aliphatic rings. The fraction of sp³-hybridized carbons (Fsp3) is 0.333. The van der Waals surface area contributed by atoms with Gasteiger partial charge in [-0.1, -0.05) is 6.07 Å². The highest BCUT2D eigenvalue weighted by atomic mass is 16.6. The molecule has 0 aliphatic heterocycles. The van der Waals surface area contributed by atoms with E-state index in [2.05, 4.69) is 64.0 Å². The third-order valence-electron chi connectivity index (χ3n) is 4.14. The molecule has 0 bridgehead atoms. The number of non-ortho nitro benzene ring substituents is 1. The van der Waals surface area contributed by atoms with Crippen LogP contribution >= 0.6 is 0 Å². The predicted octanol–water partition coefficient (Wildman–Crippen LogP) is 3.55. The molecule has 0 spiro atoms. The quantitative estimate of drug-likeness (QED) is 0.563. The van der Waals surface area contributed by atoms with E-state index in [1.165, 1.54) is 22.5 Å². The fourth-order valence-electron chi connectivity index (χ4n) is 2.77. The van der Waals surface area contributed by atoms with Gasteiger partial charge in [-0.2, -0.15) is 0 Å². The van der Waals surface area contributed by atoms with Gasteiger partial charge in [-0.15, -0.1) is 0 Å². The summed E-state index contributed by atoms with van der Waals surface area (Å²) in [7, 11) is 8.32. The van der Waals surface area contributed by atoms with Gasteiger partial charge in [0, 0.05) is 39.6 Å². The van der Waals surface area contributed by atoms with Gasteiger partial charge in [0.2, 0.25) is 0 Å². The Labute approximate surface area is 172 Å². The lowest BCUT2D eigenvalue weighted by atomic mass is 10.1. The zero-order chi connectivity index (χ0) is 23.3. The molecule has 2 rings (SSSR count). The molecule has 0 aliphatic carbocycles. The molecule has 2 aromatic carbocycles. The highest BCUT2D eigenvalue weighted by Crippen LogP contribution is 2.39. The van der Waals surface area contributed by atoms with Crippen molar-refractivity contribution in [2.45, 2.75) is 13.8 Å². The van der Waals surface area contributed by atoms with Gasteiger partial charge in [0.25, 0.3) is 11.4 Å². The van der Waals surface area contributed by atoms with Crippen LogP contribution in [0, 0.1) is 44.2 Å². The lowest BCUT2D eigenvalue weighted by Gasteiger charge is -2.22. The van der Waals surface area contributed by atoms with Crippen molar-refractivity contribution < 1.29 is 19.9 Å². The molecule has 12 nitrogen and oxygen atoms in total. The van der Waals surface area contributed by atoms with Gasteiger partial charge in [-0.25, -0.2) is 0 Å². The van der Waals surface area contributed by atoms with Crippen LogP contribution in [0.5, 0.6) is 5.75 Å². The molecule has 0 radical (unpaired) electrons. The number of aromatic hydroxyl groups is 1. The van der Waals surface area contributed by atoms with Gasteiger partial charge in [-0.05, 0) is 31.0 Å². The second-order valence-corrected chi connectivity index (χ2v) is 6.82. The molecule has 0 unspecified atom stereocenters. The molecule has 30 heavy (non-hydrogen) atoms. The molecule has 0 fully saturated rings. The highest BCUT2D eigenvalue weighted by molar-refractivity contribution is 5.66. The van der Waals surface area contributed by atoms with E-state index in [1.807, 2.05) is 0 Å². The standard InChI is InChI=1S/C12H20N2.C6H3N3O7/c1-9-7-10(2)12(14(5)6)8-11(9)13(3)4;10-6-4(8(13)14)1-3(7(11)12)2-5(6)9(15)16/h7-8H,1-6H3;1-2,10H. The maximum absolute atomic E-state index is 10.4. The number of nitro benzene ring substituents is 3. The lowest BCUT2D eigenvalue weighted by Crippen LogP contribution is -2.14. The SMILES string of the molecule is Cc1cc(C)c(N(C)C)cc1N(C)C.O=[N+]([O-])c1cc([N+](=O)[O-])c(O)c([N+](=O)[O-])c1. The van der Waals surface area contributed by atoms with Gasteiger partial charge in [-0.3, -0.25) is 30.3 Å². The highest BCUT2D eigenvalue weighted by Gasteiger charge is 2.30. The minimum Gasteiger partial charge on any atom is -0.497 e. The summed E-state index contributed by atoms with van der Waals surface area (Å²) in [5, 5.41) is 40.2. The first-order valence-corrected chi connectivity index (χ1v) is 8.54. The normalized spacial score (nSPS) is 9.93. The molecular weight excluding hydrogens is 398 g/mol. The van der Waals surface area contributed by atoms with Gasteiger partial charge in [0.1, 0.15) is 0 Å². The Morgan fingerprint density at radius 2 is 1.07 bits per heavy atom. The summed E-state index contributed by atoms with van der Waals surface area (Å²) >= 11 is 0. The van der Waals surface area contributed by atoms with E-state index >= 15 is 0 Å². The van der Waals surface area contributed by atoms with Gasteiger partial charge in [0.05, 0.1) is 26.9 Å². The third-order valence-corrected chi connectivity index (χ3v) is 4.14. The van der Waals surface area contributed by atoms with E-state index < -0.39 is 37.6 Å². The predicted molar refractivity (Wildman–Crippen MR) is 113 cm³/mol. The van der Waals surface area contributed by atoms with Crippen molar-refractivity contribution in [3.05, 3.63) is 65.7 Å². The molecule has 2 aromatic rings. The maximum Gasteiger partial charge on any atom is 0.324 e. The van der Waals surface area contributed by atoms with Crippen molar-refractivity contribution in [1.82, 2.24) is 0 Å². The van der Waals surface area contributed by atoms with E-state index in [9.17, 15) is 30.3 Å². The monoisotopic (exact) mass is 421 g/mol. The number of hydrogen-bond donors (Lipinski definition) is 1. The first-order valence-electron chi connectivity index (χ1n) is 8.54. The minimum absolute atomic E-state index is 0.447. The smallest absolute Gasteiger partial charge is 0.324 e. The Balaban J connectivity index is 0.000000303. The Morgan fingerprint density at radius 1 is 0.700 bits per heavy atom. The van der Waals surface area contributed by atoms with Crippen LogP contribution in [0.4, 0.5) is 28.4 Å². The molecule has 0 saturated heterocycles. The average Bonchev–Trinajstić information content (AvgIpc) is 2.60. The zero-order valence-corrected chi connectivity index (χ0v) is 17.4. The number of hydrogen-bond acceptors (Lipinski definition) is 9. The molecule has 0 aromatic heterocycles. The first-order chi connectivity index (χ1) is 13.8. The maximum atomic E-state index is 10.4. The molecule has 0 atom stereocenters. The van der Waals surface area contributed by atoms with Crippen LogP contribution in [0.25, 0.3) is 0 Å². The van der Waals surface area contributed by atoms with Crippen LogP contribution in [0.1, 0.15) is 11.1 Å². The average molecular weight is 421 g/mol. The zero-order valence-electron chi connectivity index (χ0n) is 17.4. The number of nitro groups is 3. The summed E-state index contributed by atoms with van der Waals surface area (Å²) in [5.41, 5.74) is 2.24. The van der Waals surface area contributed by atoms with E-state index in [1.54, 1.807) is 0 Å². The molecule has 1 N–H and O–H groups in total. The van der Waals surface area contributed by atoms with E-state index in [4.69, 9.17) is 5.11 Å². The second kappa shape index (κ2) is 9.49. The van der Waals surface area contributed by atoms with Crippen LogP contribution in [0.3, 0.4) is 0 Å². The van der Waals surface area contributed by atoms with E-state index in [0.717, 1.165) is 0 Å². The van der Waals surface area contributed by atoms with Crippen LogP contribution in [-0.2, 0) is 0 Å². The van der Waals surface area contributed by atoms with Crippen molar-refractivity contribution in [2.75, 3.05) is 38.0 Å². The number of phenols is 1. The summed E-state index contributed by atoms with van der Waals surface area (Å²) in [6, 6.07) is 5.38. The summed E-state index contributed by atoms with van der Waals surface area (Å²) in [6.07, 6.45) is 0. The van der Waals surface area contributed by atoms with Gasteiger partial charge in [0.15, 0.2) is 0 Å². The summed E-state index contributed by atoms with van der Waals surface area (Å²) in [5.74, 6) is -1.21. The lowest BCUT2D eigenvalue weighted by molar-refractivity contribution is -0.404. The van der Waals surface area contributed by atoms with E-state index in [0.29, 0.717) is 12.1 Å². The van der Waals surface area contributed by atoms with Crippen molar-refractivity contribution >= 4 is 28.4 Å². The van der Waals surface area contributed by atoms with Gasteiger partial charge < -0.3 is 14.9 Å². The van der Waals surface area contributed by atoms with Crippen molar-refractivity contribution in [3.63, 3.8) is 0 Å². The second-order valence-electron chi connectivity index (χ2n) is 6.82. The van der Waals surface area contributed by atoms with Crippen molar-refractivity contribution in [1.29, 1.82) is 0 Å². The number of phenolic OH excluding ortho intramolecular Hbond substituents is 1. The fourth-order valence-corrected chi connectivity index (χ4v) is 2.77. The Bertz CT molecular complexity index is 925. The molecule has 0 heterocycles. The summed E-state index contributed by atoms with van der Waals surface area (Å²) in [4.78, 5) is 32.1. The van der Waals surface area contributed by atoms with Crippen LogP contribution in [-0.4, -0.2) is 48.1 Å². The molecule has 12 heteroatoms. The Hall–Kier alpha value is -3.96. The number of aryl methyl sites for hydroxylation is 2.